The molecule has 5 heteroatoms. The smallest absolute Gasteiger partial charge is 0.306 e. The molecule has 1 saturated carbocycles. The van der Waals surface area contributed by atoms with E-state index in [0.29, 0.717) is 12.0 Å². The van der Waals surface area contributed by atoms with Crippen LogP contribution in [0.3, 0.4) is 0 Å². The number of carbonyl (C=O) groups is 1. The highest BCUT2D eigenvalue weighted by Crippen LogP contribution is 2.34. The van der Waals surface area contributed by atoms with E-state index in [1.807, 2.05) is 6.92 Å². The first-order chi connectivity index (χ1) is 9.49. The fraction of sp³-hybridized carbons (Fsp3) is 0.533. The summed E-state index contributed by atoms with van der Waals surface area (Å²) >= 11 is 0. The minimum Gasteiger partial charge on any atom is -0.507 e. The average Bonchev–Trinajstić information content (AvgIpc) is 2.38. The number of hydrogen-bond acceptors (Lipinski definition) is 4. The van der Waals surface area contributed by atoms with Crippen LogP contribution in [0.2, 0.25) is 0 Å². The van der Waals surface area contributed by atoms with Gasteiger partial charge in [-0.2, -0.15) is 0 Å². The van der Waals surface area contributed by atoms with Gasteiger partial charge in [0.05, 0.1) is 11.5 Å². The third-order valence-electron chi connectivity index (χ3n) is 4.00. The van der Waals surface area contributed by atoms with Crippen molar-refractivity contribution in [2.45, 2.75) is 44.7 Å². The molecule has 0 amide bonds. The molecule has 0 spiro atoms. The summed E-state index contributed by atoms with van der Waals surface area (Å²) in [5.41, 5.74) is 0.463. The first kappa shape index (κ1) is 14.7. The molecule has 5 nitrogen and oxygen atoms in total. The monoisotopic (exact) mass is 279 g/mol. The van der Waals surface area contributed by atoms with Crippen LogP contribution in [0.4, 0.5) is 0 Å². The van der Waals surface area contributed by atoms with Gasteiger partial charge in [-0.1, -0.05) is 12.5 Å². The lowest BCUT2D eigenvalue weighted by atomic mass is 9.85. The summed E-state index contributed by atoms with van der Waals surface area (Å²) in [5.74, 6) is -0.938. The number of rotatable bonds is 4. The normalized spacial score (nSPS) is 24.2. The van der Waals surface area contributed by atoms with Gasteiger partial charge in [0.15, 0.2) is 0 Å². The highest BCUT2D eigenvalue weighted by atomic mass is 16.4. The summed E-state index contributed by atoms with van der Waals surface area (Å²) < 4.78 is 0. The van der Waals surface area contributed by atoms with Crippen molar-refractivity contribution in [3.8, 4) is 11.5 Å². The van der Waals surface area contributed by atoms with Crippen LogP contribution in [0, 0.1) is 5.92 Å². The van der Waals surface area contributed by atoms with E-state index in [2.05, 4.69) is 5.32 Å². The minimum absolute atomic E-state index is 0.0515. The van der Waals surface area contributed by atoms with Crippen molar-refractivity contribution in [3.63, 3.8) is 0 Å². The maximum Gasteiger partial charge on any atom is 0.306 e. The molecule has 1 aliphatic rings. The van der Waals surface area contributed by atoms with Crippen LogP contribution >= 0.6 is 0 Å². The second-order valence-corrected chi connectivity index (χ2v) is 5.50. The van der Waals surface area contributed by atoms with Crippen molar-refractivity contribution >= 4 is 5.97 Å². The van der Waals surface area contributed by atoms with E-state index >= 15 is 0 Å². The molecule has 0 radical (unpaired) electrons. The summed E-state index contributed by atoms with van der Waals surface area (Å²) in [4.78, 5) is 11.1. The molecule has 1 aromatic carbocycles. The summed E-state index contributed by atoms with van der Waals surface area (Å²) in [5, 5.41) is 32.1. The molecule has 20 heavy (non-hydrogen) atoms. The number of benzene rings is 1. The summed E-state index contributed by atoms with van der Waals surface area (Å²) in [6.45, 7) is 1.86. The molecular weight excluding hydrogens is 258 g/mol. The van der Waals surface area contributed by atoms with Gasteiger partial charge in [-0.15, -0.1) is 0 Å². The maximum atomic E-state index is 11.1. The van der Waals surface area contributed by atoms with E-state index in [-0.39, 0.29) is 29.5 Å². The molecule has 0 saturated heterocycles. The van der Waals surface area contributed by atoms with Crippen molar-refractivity contribution in [2.24, 2.45) is 5.92 Å². The van der Waals surface area contributed by atoms with Crippen molar-refractivity contribution in [1.29, 1.82) is 0 Å². The SMILES string of the molecule is CC(NC1CCCC(C(=O)O)C1)c1c(O)cccc1O. The molecule has 1 fully saturated rings. The van der Waals surface area contributed by atoms with Gasteiger partial charge in [0.25, 0.3) is 0 Å². The van der Waals surface area contributed by atoms with Crippen LogP contribution in [-0.4, -0.2) is 27.3 Å². The Morgan fingerprint density at radius 3 is 2.55 bits per heavy atom. The third kappa shape index (κ3) is 3.22. The molecule has 2 rings (SSSR count). The predicted octanol–water partition coefficient (Wildman–Crippen LogP) is 2.39. The fourth-order valence-corrected chi connectivity index (χ4v) is 2.99. The lowest BCUT2D eigenvalue weighted by Crippen LogP contribution is -2.37. The Balaban J connectivity index is 2.04. The Bertz CT molecular complexity index is 469. The number of carboxylic acids is 1. The van der Waals surface area contributed by atoms with Gasteiger partial charge >= 0.3 is 5.97 Å². The van der Waals surface area contributed by atoms with Gasteiger partial charge in [0.1, 0.15) is 11.5 Å². The Morgan fingerprint density at radius 1 is 1.30 bits per heavy atom. The van der Waals surface area contributed by atoms with Crippen LogP contribution in [0.25, 0.3) is 0 Å². The standard InChI is InChI=1S/C15H21NO4/c1-9(14-12(17)6-3-7-13(14)18)16-11-5-2-4-10(8-11)15(19)20/h3,6-7,9-11,16-18H,2,4-5,8H2,1H3,(H,19,20). The molecule has 110 valence electrons. The van der Waals surface area contributed by atoms with Gasteiger partial charge in [-0.3, -0.25) is 4.79 Å². The summed E-state index contributed by atoms with van der Waals surface area (Å²) in [7, 11) is 0. The van der Waals surface area contributed by atoms with Crippen molar-refractivity contribution in [1.82, 2.24) is 5.32 Å². The van der Waals surface area contributed by atoms with Gasteiger partial charge in [-0.05, 0) is 38.3 Å². The quantitative estimate of drug-likeness (QED) is 0.679. The molecule has 1 aliphatic carbocycles. The zero-order chi connectivity index (χ0) is 14.7. The zero-order valence-electron chi connectivity index (χ0n) is 11.5. The van der Waals surface area contributed by atoms with Crippen LogP contribution in [0.5, 0.6) is 11.5 Å². The topological polar surface area (TPSA) is 89.8 Å². The Labute approximate surface area is 118 Å². The minimum atomic E-state index is -0.741. The lowest BCUT2D eigenvalue weighted by molar-refractivity contribution is -0.143. The lowest BCUT2D eigenvalue weighted by Gasteiger charge is -2.30. The average molecular weight is 279 g/mol. The molecule has 3 unspecified atom stereocenters. The number of hydrogen-bond donors (Lipinski definition) is 4. The zero-order valence-corrected chi connectivity index (χ0v) is 11.5. The van der Waals surface area contributed by atoms with E-state index in [0.717, 1.165) is 19.3 Å². The molecule has 0 heterocycles. The van der Waals surface area contributed by atoms with Crippen LogP contribution in [-0.2, 0) is 4.79 Å². The number of phenolic OH excluding ortho intramolecular Hbond substituents is 2. The first-order valence-corrected chi connectivity index (χ1v) is 6.98. The van der Waals surface area contributed by atoms with Gasteiger partial charge in [0, 0.05) is 12.1 Å². The van der Waals surface area contributed by atoms with Crippen LogP contribution in [0.1, 0.15) is 44.2 Å². The number of aliphatic carboxylic acids is 1. The van der Waals surface area contributed by atoms with Crippen LogP contribution < -0.4 is 5.32 Å². The molecule has 0 aromatic heterocycles. The maximum absolute atomic E-state index is 11.1. The molecule has 1 aromatic rings. The van der Waals surface area contributed by atoms with E-state index < -0.39 is 5.97 Å². The molecule has 0 bridgehead atoms. The fourth-order valence-electron chi connectivity index (χ4n) is 2.99. The highest BCUT2D eigenvalue weighted by Gasteiger charge is 2.28. The van der Waals surface area contributed by atoms with E-state index in [9.17, 15) is 15.0 Å². The van der Waals surface area contributed by atoms with Gasteiger partial charge in [0.2, 0.25) is 0 Å². The van der Waals surface area contributed by atoms with Crippen molar-refractivity contribution < 1.29 is 20.1 Å². The molecule has 4 N–H and O–H groups in total. The highest BCUT2D eigenvalue weighted by molar-refractivity contribution is 5.70. The number of aromatic hydroxyl groups is 2. The van der Waals surface area contributed by atoms with Crippen LogP contribution in [0.15, 0.2) is 18.2 Å². The Hall–Kier alpha value is -1.75. The number of nitrogens with one attached hydrogen (secondary N) is 1. The Kier molecular flexibility index (Phi) is 4.49. The number of phenols is 2. The van der Waals surface area contributed by atoms with Gasteiger partial charge < -0.3 is 20.6 Å². The van der Waals surface area contributed by atoms with E-state index in [1.165, 1.54) is 12.1 Å². The summed E-state index contributed by atoms with van der Waals surface area (Å²) in [6.07, 6.45) is 3.12. The molecular formula is C15H21NO4. The molecule has 0 aliphatic heterocycles. The van der Waals surface area contributed by atoms with Crippen molar-refractivity contribution in [3.05, 3.63) is 23.8 Å². The van der Waals surface area contributed by atoms with Gasteiger partial charge in [-0.25, -0.2) is 0 Å². The number of carboxylic acid groups (broad SMARTS) is 1. The van der Waals surface area contributed by atoms with E-state index in [1.54, 1.807) is 6.07 Å². The first-order valence-electron chi connectivity index (χ1n) is 6.98. The largest absolute Gasteiger partial charge is 0.507 e. The van der Waals surface area contributed by atoms with E-state index in [4.69, 9.17) is 5.11 Å². The second kappa shape index (κ2) is 6.13. The third-order valence-corrected chi connectivity index (χ3v) is 4.00. The van der Waals surface area contributed by atoms with Crippen molar-refractivity contribution in [2.75, 3.05) is 0 Å². The second-order valence-electron chi connectivity index (χ2n) is 5.50. The Morgan fingerprint density at radius 2 is 1.95 bits per heavy atom. The predicted molar refractivity (Wildman–Crippen MR) is 74.7 cm³/mol. The molecule has 3 atom stereocenters. The summed E-state index contributed by atoms with van der Waals surface area (Å²) in [6, 6.07) is 4.53.